The molecule has 0 amide bonds. The topological polar surface area (TPSA) is 66.6 Å². The van der Waals surface area contributed by atoms with Gasteiger partial charge in [0.15, 0.2) is 0 Å². The van der Waals surface area contributed by atoms with Crippen LogP contribution in [0.3, 0.4) is 0 Å². The number of carboxylic acid groups (broad SMARTS) is 1. The van der Waals surface area contributed by atoms with Gasteiger partial charge in [-0.05, 0) is 38.3 Å². The second kappa shape index (κ2) is 8.48. The van der Waals surface area contributed by atoms with Crippen molar-refractivity contribution in [1.29, 1.82) is 0 Å². The second-order valence-corrected chi connectivity index (χ2v) is 5.33. The van der Waals surface area contributed by atoms with Crippen LogP contribution in [0.2, 0.25) is 0 Å². The summed E-state index contributed by atoms with van der Waals surface area (Å²) in [5.41, 5.74) is 4.83. The van der Waals surface area contributed by atoms with Crippen molar-refractivity contribution in [2.24, 2.45) is 11.7 Å². The lowest BCUT2D eigenvalue weighted by molar-refractivity contribution is -0.143. The number of carbonyl (C=O) groups is 1. The third kappa shape index (κ3) is 5.83. The number of carboxylic acids is 1. The molecular formula is C14H30N2O2. The highest BCUT2D eigenvalue weighted by Crippen LogP contribution is 2.15. The molecule has 18 heavy (non-hydrogen) atoms. The predicted molar refractivity (Wildman–Crippen MR) is 75.6 cm³/mol. The van der Waals surface area contributed by atoms with E-state index in [1.807, 2.05) is 6.92 Å². The molecule has 0 aliphatic rings. The fraction of sp³-hybridized carbons (Fsp3) is 0.929. The Hall–Kier alpha value is -0.610. The summed E-state index contributed by atoms with van der Waals surface area (Å²) >= 11 is 0. The van der Waals surface area contributed by atoms with Crippen LogP contribution in [-0.4, -0.2) is 41.1 Å². The minimum atomic E-state index is -1.05. The van der Waals surface area contributed by atoms with E-state index in [-0.39, 0.29) is 0 Å². The van der Waals surface area contributed by atoms with Crippen molar-refractivity contribution in [3.8, 4) is 0 Å². The molecule has 0 rings (SSSR count). The van der Waals surface area contributed by atoms with Crippen molar-refractivity contribution < 1.29 is 9.90 Å². The monoisotopic (exact) mass is 258 g/mol. The summed E-state index contributed by atoms with van der Waals surface area (Å²) < 4.78 is 0. The zero-order valence-electron chi connectivity index (χ0n) is 12.4. The van der Waals surface area contributed by atoms with Gasteiger partial charge in [0.2, 0.25) is 0 Å². The summed E-state index contributed by atoms with van der Waals surface area (Å²) in [7, 11) is 0. The number of nitrogens with two attached hydrogens (primary N) is 1. The maximum absolute atomic E-state index is 11.1. The van der Waals surface area contributed by atoms with Gasteiger partial charge in [0.25, 0.3) is 0 Å². The van der Waals surface area contributed by atoms with Crippen molar-refractivity contribution in [2.75, 3.05) is 19.6 Å². The van der Waals surface area contributed by atoms with Crippen LogP contribution >= 0.6 is 0 Å². The molecule has 0 aliphatic carbocycles. The van der Waals surface area contributed by atoms with E-state index in [1.54, 1.807) is 0 Å². The molecule has 0 saturated heterocycles. The van der Waals surface area contributed by atoms with Crippen LogP contribution in [-0.2, 0) is 4.79 Å². The Morgan fingerprint density at radius 3 is 2.39 bits per heavy atom. The van der Waals surface area contributed by atoms with Gasteiger partial charge in [0, 0.05) is 6.54 Å². The van der Waals surface area contributed by atoms with Crippen molar-refractivity contribution in [3.63, 3.8) is 0 Å². The molecule has 0 aromatic rings. The minimum absolute atomic E-state index is 0.486. The normalized spacial score (nSPS) is 16.6. The van der Waals surface area contributed by atoms with E-state index in [2.05, 4.69) is 25.7 Å². The molecular weight excluding hydrogens is 228 g/mol. The van der Waals surface area contributed by atoms with Crippen LogP contribution < -0.4 is 5.73 Å². The first kappa shape index (κ1) is 17.4. The quantitative estimate of drug-likeness (QED) is 0.631. The van der Waals surface area contributed by atoms with Gasteiger partial charge in [-0.2, -0.15) is 0 Å². The lowest BCUT2D eigenvalue weighted by atomic mass is 9.91. The molecule has 4 nitrogen and oxygen atoms in total. The molecule has 2 atom stereocenters. The Morgan fingerprint density at radius 1 is 1.39 bits per heavy atom. The molecule has 108 valence electrons. The van der Waals surface area contributed by atoms with E-state index in [1.165, 1.54) is 6.42 Å². The number of hydrogen-bond acceptors (Lipinski definition) is 3. The fourth-order valence-electron chi connectivity index (χ4n) is 2.00. The first-order valence-corrected chi connectivity index (χ1v) is 7.14. The summed E-state index contributed by atoms with van der Waals surface area (Å²) in [5.74, 6) is -0.187. The molecule has 2 unspecified atom stereocenters. The lowest BCUT2D eigenvalue weighted by Gasteiger charge is -2.27. The second-order valence-electron chi connectivity index (χ2n) is 5.33. The van der Waals surface area contributed by atoms with Gasteiger partial charge < -0.3 is 15.7 Å². The van der Waals surface area contributed by atoms with Crippen LogP contribution in [0.15, 0.2) is 0 Å². The van der Waals surface area contributed by atoms with Crippen molar-refractivity contribution >= 4 is 5.97 Å². The summed E-state index contributed by atoms with van der Waals surface area (Å²) in [6.45, 7) is 11.5. The summed E-state index contributed by atoms with van der Waals surface area (Å²) in [6, 6.07) is 0. The largest absolute Gasteiger partial charge is 0.480 e. The van der Waals surface area contributed by atoms with E-state index in [4.69, 9.17) is 10.8 Å². The Bertz CT molecular complexity index is 246. The summed E-state index contributed by atoms with van der Waals surface area (Å²) in [5, 5.41) is 9.10. The molecule has 0 saturated carbocycles. The van der Waals surface area contributed by atoms with E-state index in [9.17, 15) is 4.79 Å². The number of rotatable bonds is 10. The summed E-state index contributed by atoms with van der Waals surface area (Å²) in [4.78, 5) is 13.5. The Balaban J connectivity index is 4.10. The number of aliphatic carboxylic acids is 1. The highest BCUT2D eigenvalue weighted by molar-refractivity contribution is 5.78. The van der Waals surface area contributed by atoms with Crippen molar-refractivity contribution in [1.82, 2.24) is 4.90 Å². The Labute approximate surface area is 112 Å². The van der Waals surface area contributed by atoms with Gasteiger partial charge in [0.1, 0.15) is 5.54 Å². The predicted octanol–water partition coefficient (Wildman–Crippen LogP) is 2.33. The van der Waals surface area contributed by atoms with E-state index >= 15 is 0 Å². The smallest absolute Gasteiger partial charge is 0.323 e. The number of nitrogens with zero attached hydrogens (tertiary/aromatic N) is 1. The van der Waals surface area contributed by atoms with Crippen LogP contribution in [0.5, 0.6) is 0 Å². The van der Waals surface area contributed by atoms with Crippen LogP contribution in [0.25, 0.3) is 0 Å². The molecule has 0 aromatic carbocycles. The first-order valence-electron chi connectivity index (χ1n) is 7.14. The van der Waals surface area contributed by atoms with E-state index in [0.29, 0.717) is 18.8 Å². The maximum Gasteiger partial charge on any atom is 0.323 e. The lowest BCUT2D eigenvalue weighted by Crippen LogP contribution is -2.47. The SMILES string of the molecule is CCC(C)CN(CC)CCCC(N)(CC)C(=O)O. The molecule has 0 aromatic heterocycles. The molecule has 0 spiro atoms. The zero-order valence-corrected chi connectivity index (χ0v) is 12.4. The molecule has 0 aliphatic heterocycles. The third-order valence-corrected chi connectivity index (χ3v) is 3.87. The van der Waals surface area contributed by atoms with Gasteiger partial charge in [-0.25, -0.2) is 0 Å². The number of hydrogen-bond donors (Lipinski definition) is 2. The highest BCUT2D eigenvalue weighted by atomic mass is 16.4. The van der Waals surface area contributed by atoms with Gasteiger partial charge in [-0.15, -0.1) is 0 Å². The fourth-order valence-corrected chi connectivity index (χ4v) is 2.00. The molecule has 0 heterocycles. The zero-order chi connectivity index (χ0) is 14.2. The maximum atomic E-state index is 11.1. The van der Waals surface area contributed by atoms with E-state index < -0.39 is 11.5 Å². The molecule has 0 bridgehead atoms. The Morgan fingerprint density at radius 2 is 2.00 bits per heavy atom. The minimum Gasteiger partial charge on any atom is -0.480 e. The molecule has 0 fully saturated rings. The van der Waals surface area contributed by atoms with Crippen LogP contribution in [0.1, 0.15) is 53.4 Å². The van der Waals surface area contributed by atoms with Crippen LogP contribution in [0.4, 0.5) is 0 Å². The standard InChI is InChI=1S/C14H30N2O2/c1-5-12(4)11-16(7-3)10-8-9-14(15,6-2)13(17)18/h12H,5-11,15H2,1-4H3,(H,17,18). The average Bonchev–Trinajstić information content (AvgIpc) is 2.36. The molecule has 3 N–H and O–H groups in total. The molecule has 4 heteroatoms. The van der Waals surface area contributed by atoms with Gasteiger partial charge >= 0.3 is 5.97 Å². The molecule has 0 radical (unpaired) electrons. The van der Waals surface area contributed by atoms with Gasteiger partial charge in [0.05, 0.1) is 0 Å². The van der Waals surface area contributed by atoms with Gasteiger partial charge in [-0.3, -0.25) is 4.79 Å². The van der Waals surface area contributed by atoms with Crippen molar-refractivity contribution in [3.05, 3.63) is 0 Å². The first-order chi connectivity index (χ1) is 8.39. The van der Waals surface area contributed by atoms with Gasteiger partial charge in [-0.1, -0.05) is 34.1 Å². The van der Waals surface area contributed by atoms with Crippen LogP contribution in [0, 0.1) is 5.92 Å². The van der Waals surface area contributed by atoms with E-state index in [0.717, 1.165) is 26.1 Å². The third-order valence-electron chi connectivity index (χ3n) is 3.87. The van der Waals surface area contributed by atoms with Crippen molar-refractivity contribution in [2.45, 2.75) is 58.9 Å². The highest BCUT2D eigenvalue weighted by Gasteiger charge is 2.31. The summed E-state index contributed by atoms with van der Waals surface area (Å²) in [6.07, 6.45) is 3.07. The Kier molecular flexibility index (Phi) is 8.20. The average molecular weight is 258 g/mol.